The molecular weight excluding hydrogens is 600 g/mol. The zero-order valence-corrected chi connectivity index (χ0v) is 27.4. The standard InChI is InChI=1S/C32H41ClN6O4S/c1-7-30(40)35-26-18-27(28(43-20(3)4)17-23(26)22-13-15-39(8-2)16-14-22)37-32-34-19-24(33)31(38-32)36-25-11-9-10-12-29(25)44(41,42)21(5)6/h7,9-12,17-22H,1,8,13-16H2,2-6H3,(H,35,40)(H2,34,36,37,38). The van der Waals surface area contributed by atoms with Crippen molar-refractivity contribution in [3.63, 3.8) is 0 Å². The van der Waals surface area contributed by atoms with Gasteiger partial charge in [0.25, 0.3) is 0 Å². The number of para-hydroxylation sites is 1. The zero-order valence-electron chi connectivity index (χ0n) is 25.9. The molecular formula is C32H41ClN6O4S. The van der Waals surface area contributed by atoms with E-state index >= 15 is 0 Å². The second-order valence-corrected chi connectivity index (χ2v) is 14.1. The molecule has 2 aromatic carbocycles. The molecule has 1 aromatic heterocycles. The Morgan fingerprint density at radius 2 is 1.82 bits per heavy atom. The Hall–Kier alpha value is -3.67. The number of rotatable bonds is 12. The number of nitrogens with one attached hydrogen (secondary N) is 3. The Labute approximate surface area is 265 Å². The molecule has 0 spiro atoms. The van der Waals surface area contributed by atoms with Crippen LogP contribution in [0.3, 0.4) is 0 Å². The van der Waals surface area contributed by atoms with Gasteiger partial charge in [0.05, 0.1) is 33.8 Å². The lowest BCUT2D eigenvalue weighted by Gasteiger charge is -2.32. The van der Waals surface area contributed by atoms with E-state index in [9.17, 15) is 13.2 Å². The molecule has 0 radical (unpaired) electrons. The summed E-state index contributed by atoms with van der Waals surface area (Å²) in [5.74, 6) is 0.934. The molecule has 1 fully saturated rings. The topological polar surface area (TPSA) is 126 Å². The average Bonchev–Trinajstić information content (AvgIpc) is 2.99. The Balaban J connectivity index is 1.72. The molecule has 44 heavy (non-hydrogen) atoms. The maximum Gasteiger partial charge on any atom is 0.247 e. The lowest BCUT2D eigenvalue weighted by molar-refractivity contribution is -0.111. The Morgan fingerprint density at radius 1 is 1.11 bits per heavy atom. The van der Waals surface area contributed by atoms with Gasteiger partial charge in [0.1, 0.15) is 10.8 Å². The third-order valence-corrected chi connectivity index (χ3v) is 9.98. The quantitative estimate of drug-likeness (QED) is 0.181. The van der Waals surface area contributed by atoms with Gasteiger partial charge in [0, 0.05) is 5.69 Å². The molecule has 3 aromatic rings. The van der Waals surface area contributed by atoms with E-state index in [1.165, 1.54) is 12.3 Å². The summed E-state index contributed by atoms with van der Waals surface area (Å²) in [4.78, 5) is 23.9. The maximum atomic E-state index is 13.0. The summed E-state index contributed by atoms with van der Waals surface area (Å²) in [7, 11) is -3.58. The largest absolute Gasteiger partial charge is 0.489 e. The molecule has 1 saturated heterocycles. The fourth-order valence-corrected chi connectivity index (χ4v) is 6.41. The van der Waals surface area contributed by atoms with Gasteiger partial charge in [-0.15, -0.1) is 0 Å². The monoisotopic (exact) mass is 640 g/mol. The predicted octanol–water partition coefficient (Wildman–Crippen LogP) is 6.91. The Kier molecular flexibility index (Phi) is 10.9. The van der Waals surface area contributed by atoms with Crippen LogP contribution in [0, 0.1) is 0 Å². The number of carbonyl (C=O) groups excluding carboxylic acids is 1. The van der Waals surface area contributed by atoms with Gasteiger partial charge in [0.2, 0.25) is 11.9 Å². The summed E-state index contributed by atoms with van der Waals surface area (Å²) >= 11 is 6.45. The van der Waals surface area contributed by atoms with Gasteiger partial charge in [-0.3, -0.25) is 4.79 Å². The fourth-order valence-electron chi connectivity index (χ4n) is 5.07. The van der Waals surface area contributed by atoms with Gasteiger partial charge in [-0.2, -0.15) is 4.98 Å². The van der Waals surface area contributed by atoms with Crippen molar-refractivity contribution in [1.29, 1.82) is 0 Å². The van der Waals surface area contributed by atoms with Gasteiger partial charge in [-0.25, -0.2) is 13.4 Å². The number of nitrogens with zero attached hydrogens (tertiary/aromatic N) is 3. The van der Waals surface area contributed by atoms with Crippen LogP contribution in [-0.4, -0.2) is 60.2 Å². The number of ether oxygens (including phenoxy) is 1. The van der Waals surface area contributed by atoms with E-state index in [4.69, 9.17) is 16.3 Å². The summed E-state index contributed by atoms with van der Waals surface area (Å²) in [6, 6.07) is 10.4. The number of amides is 1. The first-order valence-electron chi connectivity index (χ1n) is 14.8. The van der Waals surface area contributed by atoms with Crippen molar-refractivity contribution in [3.8, 4) is 5.75 Å². The molecule has 3 N–H and O–H groups in total. The van der Waals surface area contributed by atoms with Gasteiger partial charge in [0.15, 0.2) is 15.7 Å². The van der Waals surface area contributed by atoms with Crippen molar-refractivity contribution >= 4 is 56.2 Å². The minimum Gasteiger partial charge on any atom is -0.489 e. The summed E-state index contributed by atoms with van der Waals surface area (Å²) in [6.45, 7) is 15.9. The second kappa shape index (κ2) is 14.4. The fraction of sp³-hybridized carbons (Fsp3) is 0.406. The lowest BCUT2D eigenvalue weighted by Crippen LogP contribution is -2.32. The van der Waals surface area contributed by atoms with Crippen LogP contribution < -0.4 is 20.7 Å². The van der Waals surface area contributed by atoms with Crippen LogP contribution in [0.15, 0.2) is 60.1 Å². The number of benzene rings is 2. The molecule has 1 aliphatic heterocycles. The van der Waals surface area contributed by atoms with Crippen molar-refractivity contribution in [3.05, 3.63) is 65.8 Å². The molecule has 1 amide bonds. The number of carbonyl (C=O) groups is 1. The first-order chi connectivity index (χ1) is 20.9. The van der Waals surface area contributed by atoms with E-state index in [1.54, 1.807) is 38.1 Å². The van der Waals surface area contributed by atoms with E-state index < -0.39 is 15.1 Å². The molecule has 4 rings (SSSR count). The van der Waals surface area contributed by atoms with E-state index in [2.05, 4.69) is 44.3 Å². The Bertz CT molecular complexity index is 1600. The summed E-state index contributed by atoms with van der Waals surface area (Å²) in [6.07, 6.45) is 4.47. The highest BCUT2D eigenvalue weighted by Crippen LogP contribution is 2.41. The minimum absolute atomic E-state index is 0.123. The number of piperidine rings is 1. The summed E-state index contributed by atoms with van der Waals surface area (Å²) in [5, 5.41) is 8.87. The van der Waals surface area contributed by atoms with Gasteiger partial charge >= 0.3 is 0 Å². The normalized spacial score (nSPS) is 14.5. The van der Waals surface area contributed by atoms with Crippen molar-refractivity contribution in [2.75, 3.05) is 35.6 Å². The molecule has 0 bridgehead atoms. The third-order valence-electron chi connectivity index (χ3n) is 7.49. The van der Waals surface area contributed by atoms with Crippen LogP contribution in [0.1, 0.15) is 58.9 Å². The first-order valence-corrected chi connectivity index (χ1v) is 16.7. The molecule has 0 atom stereocenters. The summed E-state index contributed by atoms with van der Waals surface area (Å²) < 4.78 is 32.2. The number of halogens is 1. The Morgan fingerprint density at radius 3 is 2.45 bits per heavy atom. The number of anilines is 5. The van der Waals surface area contributed by atoms with Crippen LogP contribution in [0.2, 0.25) is 5.02 Å². The number of sulfone groups is 1. The van der Waals surface area contributed by atoms with Crippen molar-refractivity contribution < 1.29 is 17.9 Å². The molecule has 0 unspecified atom stereocenters. The lowest BCUT2D eigenvalue weighted by atomic mass is 9.87. The highest BCUT2D eigenvalue weighted by molar-refractivity contribution is 7.92. The second-order valence-electron chi connectivity index (χ2n) is 11.2. The van der Waals surface area contributed by atoms with Gasteiger partial charge in [-0.1, -0.05) is 37.2 Å². The maximum absolute atomic E-state index is 13.0. The predicted molar refractivity (Wildman–Crippen MR) is 177 cm³/mol. The van der Waals surface area contributed by atoms with Crippen LogP contribution in [0.5, 0.6) is 5.75 Å². The van der Waals surface area contributed by atoms with E-state index in [1.807, 2.05) is 26.0 Å². The SMILES string of the molecule is C=CC(=O)Nc1cc(Nc2ncc(Cl)c(Nc3ccccc3S(=O)(=O)C(C)C)n2)c(OC(C)C)cc1C1CCN(CC)CC1. The molecule has 2 heterocycles. The van der Waals surface area contributed by atoms with Crippen LogP contribution in [-0.2, 0) is 14.6 Å². The molecule has 236 valence electrons. The van der Waals surface area contributed by atoms with Crippen molar-refractivity contribution in [2.24, 2.45) is 0 Å². The highest BCUT2D eigenvalue weighted by atomic mass is 35.5. The third kappa shape index (κ3) is 7.88. The van der Waals surface area contributed by atoms with E-state index in [0.717, 1.165) is 38.0 Å². The molecule has 0 aliphatic carbocycles. The van der Waals surface area contributed by atoms with Crippen molar-refractivity contribution in [2.45, 2.75) is 69.6 Å². The highest BCUT2D eigenvalue weighted by Gasteiger charge is 2.26. The smallest absolute Gasteiger partial charge is 0.247 e. The first kappa shape index (κ1) is 33.2. The summed E-state index contributed by atoms with van der Waals surface area (Å²) in [5.41, 5.74) is 2.55. The number of hydrogen-bond acceptors (Lipinski definition) is 9. The van der Waals surface area contributed by atoms with Crippen LogP contribution in [0.4, 0.5) is 28.8 Å². The number of hydrogen-bond donors (Lipinski definition) is 3. The van der Waals surface area contributed by atoms with Crippen LogP contribution >= 0.6 is 11.6 Å². The van der Waals surface area contributed by atoms with E-state index in [0.29, 0.717) is 22.8 Å². The number of likely N-dealkylation sites (tertiary alicyclic amines) is 1. The van der Waals surface area contributed by atoms with Gasteiger partial charge < -0.3 is 25.6 Å². The molecule has 12 heteroatoms. The van der Waals surface area contributed by atoms with Crippen molar-refractivity contribution in [1.82, 2.24) is 14.9 Å². The number of aromatic nitrogens is 2. The van der Waals surface area contributed by atoms with Crippen LogP contribution in [0.25, 0.3) is 0 Å². The molecule has 0 saturated carbocycles. The van der Waals surface area contributed by atoms with Gasteiger partial charge in [-0.05, 0) is 102 Å². The molecule has 10 nitrogen and oxygen atoms in total. The molecule has 1 aliphatic rings. The average molecular weight is 641 g/mol. The zero-order chi connectivity index (χ0) is 32.0. The van der Waals surface area contributed by atoms with E-state index in [-0.39, 0.29) is 39.6 Å². The minimum atomic E-state index is -3.58.